The second kappa shape index (κ2) is 13.5. The first-order chi connectivity index (χ1) is 20.5. The molecule has 0 unspecified atom stereocenters. The van der Waals surface area contributed by atoms with E-state index in [2.05, 4.69) is 15.2 Å². The van der Waals surface area contributed by atoms with Crippen LogP contribution in [0.5, 0.6) is 0 Å². The molecule has 0 atom stereocenters. The molecule has 0 saturated heterocycles. The highest BCUT2D eigenvalue weighted by atomic mass is 32.2. The van der Waals surface area contributed by atoms with Crippen LogP contribution in [0.3, 0.4) is 0 Å². The van der Waals surface area contributed by atoms with Crippen molar-refractivity contribution in [2.75, 3.05) is 22.9 Å². The molecular weight excluding hydrogens is 571 g/mol. The van der Waals surface area contributed by atoms with Crippen molar-refractivity contribution in [3.63, 3.8) is 0 Å². The Hall–Kier alpha value is -4.42. The van der Waals surface area contributed by atoms with E-state index in [4.69, 9.17) is 5.73 Å². The van der Waals surface area contributed by atoms with Crippen LogP contribution in [-0.4, -0.2) is 42.5 Å². The molecule has 0 aliphatic rings. The number of aromatic nitrogens is 5. The van der Waals surface area contributed by atoms with E-state index < -0.39 is 11.2 Å². The number of carbonyl (C=O) groups is 1. The van der Waals surface area contributed by atoms with Crippen LogP contribution < -0.4 is 21.9 Å². The van der Waals surface area contributed by atoms with Gasteiger partial charge in [-0.2, -0.15) is 0 Å². The van der Waals surface area contributed by atoms with E-state index in [1.54, 1.807) is 11.3 Å². The first-order valence-corrected chi connectivity index (χ1v) is 15.4. The van der Waals surface area contributed by atoms with Gasteiger partial charge in [0, 0.05) is 6.54 Å². The van der Waals surface area contributed by atoms with Crippen LogP contribution in [0, 0.1) is 0 Å². The number of unbranched alkanes of at least 4 members (excludes halogenated alkanes) is 1. The van der Waals surface area contributed by atoms with Crippen LogP contribution in [0.15, 0.2) is 92.9 Å². The Balaban J connectivity index is 1.44. The molecule has 5 rings (SSSR count). The van der Waals surface area contributed by atoms with E-state index in [9.17, 15) is 14.4 Å². The van der Waals surface area contributed by atoms with E-state index >= 15 is 0 Å². The molecule has 0 radical (unpaired) electrons. The van der Waals surface area contributed by atoms with E-state index in [-0.39, 0.29) is 36.3 Å². The number of nitrogens with zero attached hydrogens (tertiary/aromatic N) is 5. The van der Waals surface area contributed by atoms with Crippen LogP contribution in [-0.2, 0) is 17.9 Å². The third kappa shape index (κ3) is 6.55. The van der Waals surface area contributed by atoms with Gasteiger partial charge >= 0.3 is 5.69 Å². The number of aromatic amines is 1. The lowest BCUT2D eigenvalue weighted by atomic mass is 10.2. The maximum Gasteiger partial charge on any atom is 0.330 e. The zero-order valence-electron chi connectivity index (χ0n) is 23.1. The molecule has 3 aromatic heterocycles. The summed E-state index contributed by atoms with van der Waals surface area (Å²) in [6.07, 6.45) is 1.45. The molecule has 10 nitrogen and oxygen atoms in total. The summed E-state index contributed by atoms with van der Waals surface area (Å²) in [5.74, 6) is 0.356. The van der Waals surface area contributed by atoms with Gasteiger partial charge in [-0.1, -0.05) is 91.8 Å². The second-order valence-corrected chi connectivity index (χ2v) is 11.5. The van der Waals surface area contributed by atoms with Gasteiger partial charge in [0.15, 0.2) is 16.7 Å². The van der Waals surface area contributed by atoms with Crippen molar-refractivity contribution in [1.29, 1.82) is 0 Å². The number of nitrogens with one attached hydrogen (secondary N) is 1. The van der Waals surface area contributed by atoms with Crippen LogP contribution >= 0.6 is 23.1 Å². The number of amides is 1. The molecule has 5 aromatic rings. The van der Waals surface area contributed by atoms with Gasteiger partial charge in [-0.3, -0.25) is 23.7 Å². The molecular formula is C30H31N7O3S2. The average molecular weight is 602 g/mol. The fraction of sp³-hybridized carbons (Fsp3) is 0.233. The summed E-state index contributed by atoms with van der Waals surface area (Å²) in [7, 11) is 0. The number of benzene rings is 2. The van der Waals surface area contributed by atoms with Gasteiger partial charge in [0.05, 0.1) is 23.7 Å². The van der Waals surface area contributed by atoms with Gasteiger partial charge in [-0.15, -0.1) is 21.5 Å². The highest BCUT2D eigenvalue weighted by Crippen LogP contribution is 2.29. The second-order valence-electron chi connectivity index (χ2n) is 9.61. The highest BCUT2D eigenvalue weighted by molar-refractivity contribution is 7.99. The summed E-state index contributed by atoms with van der Waals surface area (Å²) in [5, 5.41) is 11.4. The van der Waals surface area contributed by atoms with E-state index in [0.717, 1.165) is 28.2 Å². The minimum atomic E-state index is -0.691. The normalized spacial score (nSPS) is 11.1. The maximum atomic E-state index is 13.7. The number of carbonyl (C=O) groups excluding carboxylic acids is 1. The summed E-state index contributed by atoms with van der Waals surface area (Å²) in [5.41, 5.74) is 7.01. The monoisotopic (exact) mass is 601 g/mol. The minimum Gasteiger partial charge on any atom is -0.383 e. The Bertz CT molecular complexity index is 1750. The van der Waals surface area contributed by atoms with Crippen molar-refractivity contribution in [2.24, 2.45) is 0 Å². The number of anilines is 2. The minimum absolute atomic E-state index is 0.00221. The van der Waals surface area contributed by atoms with Gasteiger partial charge in [0.2, 0.25) is 5.91 Å². The number of nitrogen functional groups attached to an aromatic ring is 1. The maximum absolute atomic E-state index is 13.7. The lowest BCUT2D eigenvalue weighted by Crippen LogP contribution is -2.42. The largest absolute Gasteiger partial charge is 0.383 e. The highest BCUT2D eigenvalue weighted by Gasteiger charge is 2.25. The quantitative estimate of drug-likeness (QED) is 0.202. The van der Waals surface area contributed by atoms with Gasteiger partial charge in [-0.25, -0.2) is 4.79 Å². The smallest absolute Gasteiger partial charge is 0.330 e. The number of thiophene rings is 1. The Labute approximate surface area is 250 Å². The van der Waals surface area contributed by atoms with Crippen molar-refractivity contribution >= 4 is 40.5 Å². The van der Waals surface area contributed by atoms with E-state index in [1.165, 1.54) is 21.2 Å². The average Bonchev–Trinajstić information content (AvgIpc) is 3.67. The lowest BCUT2D eigenvalue weighted by Gasteiger charge is -2.24. The zero-order valence-corrected chi connectivity index (χ0v) is 24.7. The van der Waals surface area contributed by atoms with Gasteiger partial charge < -0.3 is 10.6 Å². The molecule has 0 spiro atoms. The van der Waals surface area contributed by atoms with Crippen molar-refractivity contribution in [1.82, 2.24) is 24.3 Å². The molecule has 216 valence electrons. The van der Waals surface area contributed by atoms with Crippen molar-refractivity contribution in [3.05, 3.63) is 110 Å². The Morgan fingerprint density at radius 3 is 2.24 bits per heavy atom. The molecule has 42 heavy (non-hydrogen) atoms. The fourth-order valence-corrected chi connectivity index (χ4v) is 6.07. The standard InChI is InChI=1S/C30H31N7O3S2/c1-2-3-16-35(25-26(31)36(29(40)32-28(25)39)18-21-11-6-4-7-12-21)24(38)20-42-30-34-33-27(23-15-10-17-41-23)37(30)19-22-13-8-5-9-14-22/h4-15,17H,2-3,16,18-20,31H2,1H3,(H,32,39,40). The summed E-state index contributed by atoms with van der Waals surface area (Å²) in [4.78, 5) is 44.3. The van der Waals surface area contributed by atoms with Crippen LogP contribution in [0.1, 0.15) is 30.9 Å². The van der Waals surface area contributed by atoms with Crippen LogP contribution in [0.25, 0.3) is 10.7 Å². The van der Waals surface area contributed by atoms with Crippen LogP contribution in [0.2, 0.25) is 0 Å². The van der Waals surface area contributed by atoms with Gasteiger partial charge in [0.1, 0.15) is 5.82 Å². The van der Waals surface area contributed by atoms with Gasteiger partial charge in [0.25, 0.3) is 5.56 Å². The SMILES string of the molecule is CCCCN(C(=O)CSc1nnc(-c2cccs2)n1Cc1ccccc1)c1c(N)n(Cc2ccccc2)c(=O)[nH]c1=O. The number of rotatable bonds is 12. The number of H-pyrrole nitrogens is 1. The predicted molar refractivity (Wildman–Crippen MR) is 168 cm³/mol. The zero-order chi connectivity index (χ0) is 29.5. The molecule has 3 N–H and O–H groups in total. The van der Waals surface area contributed by atoms with E-state index in [0.29, 0.717) is 18.1 Å². The molecule has 0 bridgehead atoms. The molecule has 12 heteroatoms. The van der Waals surface area contributed by atoms with Gasteiger partial charge in [-0.05, 0) is 29.0 Å². The molecule has 0 aliphatic heterocycles. The molecule has 0 aliphatic carbocycles. The number of thioether (sulfide) groups is 1. The Morgan fingerprint density at radius 2 is 1.62 bits per heavy atom. The fourth-order valence-electron chi connectivity index (χ4n) is 4.53. The third-order valence-electron chi connectivity index (χ3n) is 6.67. The molecule has 2 aromatic carbocycles. The van der Waals surface area contributed by atoms with Crippen molar-refractivity contribution in [2.45, 2.75) is 38.0 Å². The van der Waals surface area contributed by atoms with Crippen molar-refractivity contribution in [3.8, 4) is 10.7 Å². The summed E-state index contributed by atoms with van der Waals surface area (Å²) >= 11 is 2.82. The molecule has 1 amide bonds. The summed E-state index contributed by atoms with van der Waals surface area (Å²) in [6.45, 7) is 2.98. The Morgan fingerprint density at radius 1 is 0.952 bits per heavy atom. The number of hydrogen-bond donors (Lipinski definition) is 2. The third-order valence-corrected chi connectivity index (χ3v) is 8.49. The summed E-state index contributed by atoms with van der Waals surface area (Å²) < 4.78 is 3.28. The number of hydrogen-bond acceptors (Lipinski definition) is 8. The molecule has 0 fully saturated rings. The predicted octanol–water partition coefficient (Wildman–Crippen LogP) is 4.46. The molecule has 3 heterocycles. The van der Waals surface area contributed by atoms with E-state index in [1.807, 2.05) is 89.7 Å². The molecule has 0 saturated carbocycles. The summed E-state index contributed by atoms with van der Waals surface area (Å²) in [6, 6.07) is 23.3. The lowest BCUT2D eigenvalue weighted by molar-refractivity contribution is -0.116. The topological polar surface area (TPSA) is 132 Å². The van der Waals surface area contributed by atoms with Crippen molar-refractivity contribution < 1.29 is 4.79 Å². The first-order valence-electron chi connectivity index (χ1n) is 13.6. The first kappa shape index (κ1) is 29.1. The number of nitrogens with two attached hydrogens (primary N) is 1. The Kier molecular flexibility index (Phi) is 9.35. The van der Waals surface area contributed by atoms with Crippen LogP contribution in [0.4, 0.5) is 11.5 Å².